The first-order valence-corrected chi connectivity index (χ1v) is 7.35. The first-order valence-electron chi connectivity index (χ1n) is 7.35. The number of hydrogen-bond donors (Lipinski definition) is 2. The van der Waals surface area contributed by atoms with Crippen molar-refractivity contribution in [2.75, 3.05) is 11.1 Å². The minimum absolute atomic E-state index is 0.462. The molecule has 0 atom stereocenters. The predicted octanol–water partition coefficient (Wildman–Crippen LogP) is 2.54. The second-order valence-corrected chi connectivity index (χ2v) is 5.45. The summed E-state index contributed by atoms with van der Waals surface area (Å²) in [6.45, 7) is 0.724. The van der Waals surface area contributed by atoms with Crippen molar-refractivity contribution in [1.29, 1.82) is 5.26 Å². The molecule has 1 saturated carbocycles. The molecule has 0 unspecified atom stereocenters. The molecule has 1 aliphatic carbocycles. The lowest BCUT2D eigenvalue weighted by molar-refractivity contribution is 0.587. The maximum atomic E-state index is 9.23. The van der Waals surface area contributed by atoms with Gasteiger partial charge in [0.1, 0.15) is 17.5 Å². The molecule has 0 aliphatic heterocycles. The maximum Gasteiger partial charge on any atom is 0.168 e. The smallest absolute Gasteiger partial charge is 0.168 e. The van der Waals surface area contributed by atoms with Gasteiger partial charge in [-0.15, -0.1) is 0 Å². The average molecular weight is 281 g/mol. The van der Waals surface area contributed by atoms with E-state index in [1.807, 2.05) is 18.2 Å². The molecule has 21 heavy (non-hydrogen) atoms. The number of nitriles is 1. The number of anilines is 2. The van der Waals surface area contributed by atoms with Crippen LogP contribution in [-0.2, 0) is 13.0 Å². The fourth-order valence-electron chi connectivity index (χ4n) is 2.36. The zero-order valence-corrected chi connectivity index (χ0v) is 11.9. The first-order chi connectivity index (χ1) is 10.3. The van der Waals surface area contributed by atoms with E-state index in [1.54, 1.807) is 4.68 Å². The topological polar surface area (TPSA) is 79.7 Å². The maximum absolute atomic E-state index is 9.23. The van der Waals surface area contributed by atoms with Crippen molar-refractivity contribution in [3.05, 3.63) is 41.5 Å². The zero-order valence-electron chi connectivity index (χ0n) is 11.9. The lowest BCUT2D eigenvalue weighted by Crippen LogP contribution is -2.07. The van der Waals surface area contributed by atoms with Crippen LogP contribution in [0.1, 0.15) is 30.4 Å². The van der Waals surface area contributed by atoms with Gasteiger partial charge in [-0.05, 0) is 31.2 Å². The average Bonchev–Trinajstić information content (AvgIpc) is 3.26. The molecule has 5 heteroatoms. The van der Waals surface area contributed by atoms with Gasteiger partial charge >= 0.3 is 0 Å². The Balaban J connectivity index is 1.64. The summed E-state index contributed by atoms with van der Waals surface area (Å²) in [5.41, 5.74) is 7.81. The number of nitrogens with two attached hydrogens (primary N) is 1. The number of aromatic nitrogens is 2. The molecule has 1 aromatic heterocycles. The van der Waals surface area contributed by atoms with E-state index in [1.165, 1.54) is 5.56 Å². The van der Waals surface area contributed by atoms with E-state index in [0.29, 0.717) is 23.2 Å². The molecule has 0 amide bonds. The summed E-state index contributed by atoms with van der Waals surface area (Å²) in [5, 5.41) is 16.9. The van der Waals surface area contributed by atoms with Crippen LogP contribution in [0.25, 0.3) is 0 Å². The third-order valence-electron chi connectivity index (χ3n) is 3.70. The Kier molecular flexibility index (Phi) is 3.78. The molecule has 3 rings (SSSR count). The van der Waals surface area contributed by atoms with Crippen molar-refractivity contribution in [2.24, 2.45) is 0 Å². The number of nitrogens with zero attached hydrogens (tertiary/aromatic N) is 3. The number of rotatable bonds is 6. The Morgan fingerprint density at radius 1 is 1.33 bits per heavy atom. The minimum atomic E-state index is 0.462. The van der Waals surface area contributed by atoms with E-state index in [9.17, 15) is 5.26 Å². The van der Waals surface area contributed by atoms with Gasteiger partial charge in [-0.2, -0.15) is 10.4 Å². The third-order valence-corrected chi connectivity index (χ3v) is 3.70. The van der Waals surface area contributed by atoms with Gasteiger partial charge in [-0.3, -0.25) is 0 Å². The molecular weight excluding hydrogens is 262 g/mol. The van der Waals surface area contributed by atoms with E-state index in [4.69, 9.17) is 5.73 Å². The summed E-state index contributed by atoms with van der Waals surface area (Å²) >= 11 is 0. The molecule has 0 saturated heterocycles. The van der Waals surface area contributed by atoms with Gasteiger partial charge < -0.3 is 11.1 Å². The number of nitrogens with one attached hydrogen (secondary N) is 1. The quantitative estimate of drug-likeness (QED) is 0.852. The molecule has 2 aromatic rings. The summed E-state index contributed by atoms with van der Waals surface area (Å²) in [7, 11) is 0. The first kappa shape index (κ1) is 13.5. The van der Waals surface area contributed by atoms with E-state index in [2.05, 4.69) is 28.6 Å². The molecule has 0 bridgehead atoms. The van der Waals surface area contributed by atoms with Crippen LogP contribution >= 0.6 is 0 Å². The van der Waals surface area contributed by atoms with Crippen LogP contribution in [0.3, 0.4) is 0 Å². The molecule has 1 heterocycles. The number of hydrogen-bond acceptors (Lipinski definition) is 4. The van der Waals surface area contributed by atoms with Gasteiger partial charge in [-0.25, -0.2) is 4.68 Å². The van der Waals surface area contributed by atoms with Crippen LogP contribution < -0.4 is 11.1 Å². The summed E-state index contributed by atoms with van der Waals surface area (Å²) in [5.74, 6) is 1.10. The highest BCUT2D eigenvalue weighted by atomic mass is 15.3. The third kappa shape index (κ3) is 3.16. The highest BCUT2D eigenvalue weighted by molar-refractivity contribution is 5.64. The van der Waals surface area contributed by atoms with Gasteiger partial charge in [-0.1, -0.05) is 30.3 Å². The molecule has 1 aromatic carbocycles. The second kappa shape index (κ2) is 5.88. The van der Waals surface area contributed by atoms with Gasteiger partial charge in [0, 0.05) is 12.6 Å². The Hall–Kier alpha value is -2.48. The number of benzene rings is 1. The lowest BCUT2D eigenvalue weighted by atomic mass is 10.1. The molecule has 0 radical (unpaired) electrons. The van der Waals surface area contributed by atoms with Gasteiger partial charge in [0.15, 0.2) is 5.82 Å². The minimum Gasteiger partial charge on any atom is -0.383 e. The molecule has 3 N–H and O–H groups in total. The van der Waals surface area contributed by atoms with Crippen LogP contribution in [0, 0.1) is 11.3 Å². The molecule has 108 valence electrons. The van der Waals surface area contributed by atoms with Crippen molar-refractivity contribution < 1.29 is 0 Å². The van der Waals surface area contributed by atoms with Crippen molar-refractivity contribution in [2.45, 2.75) is 38.3 Å². The fourth-order valence-corrected chi connectivity index (χ4v) is 2.36. The Morgan fingerprint density at radius 3 is 2.76 bits per heavy atom. The molecule has 0 spiro atoms. The van der Waals surface area contributed by atoms with Crippen LogP contribution in [0.2, 0.25) is 0 Å². The molecule has 1 aliphatic rings. The summed E-state index contributed by atoms with van der Waals surface area (Å²) < 4.78 is 1.74. The SMILES string of the molecule is N#Cc1c(NC2CC2)nn(CCCc2ccccc2)c1N. The summed E-state index contributed by atoms with van der Waals surface area (Å²) in [4.78, 5) is 0. The van der Waals surface area contributed by atoms with Crippen molar-refractivity contribution in [3.8, 4) is 6.07 Å². The summed E-state index contributed by atoms with van der Waals surface area (Å²) in [6, 6.07) is 13.0. The highest BCUT2D eigenvalue weighted by Crippen LogP contribution is 2.28. The summed E-state index contributed by atoms with van der Waals surface area (Å²) in [6.07, 6.45) is 4.22. The second-order valence-electron chi connectivity index (χ2n) is 5.45. The molecular formula is C16H19N5. The largest absolute Gasteiger partial charge is 0.383 e. The molecule has 1 fully saturated rings. The lowest BCUT2D eigenvalue weighted by Gasteiger charge is -2.04. The molecule has 5 nitrogen and oxygen atoms in total. The van der Waals surface area contributed by atoms with Gasteiger partial charge in [0.2, 0.25) is 0 Å². The Labute approximate surface area is 124 Å². The van der Waals surface area contributed by atoms with Crippen LogP contribution in [0.5, 0.6) is 0 Å². The van der Waals surface area contributed by atoms with Crippen molar-refractivity contribution in [1.82, 2.24) is 9.78 Å². The fraction of sp³-hybridized carbons (Fsp3) is 0.375. The standard InChI is InChI=1S/C16H19N5/c17-11-14-15(18)21(20-16(14)19-13-8-9-13)10-4-7-12-5-2-1-3-6-12/h1-3,5-6,13H,4,7-10,18H2,(H,19,20). The van der Waals surface area contributed by atoms with Crippen molar-refractivity contribution >= 4 is 11.6 Å². The zero-order chi connectivity index (χ0) is 14.7. The number of aryl methyl sites for hydroxylation is 2. The van der Waals surface area contributed by atoms with E-state index < -0.39 is 0 Å². The monoisotopic (exact) mass is 281 g/mol. The van der Waals surface area contributed by atoms with Gasteiger partial charge in [0.25, 0.3) is 0 Å². The van der Waals surface area contributed by atoms with E-state index in [-0.39, 0.29) is 0 Å². The Bertz CT molecular complexity index is 649. The number of nitrogen functional groups attached to an aromatic ring is 1. The van der Waals surface area contributed by atoms with Gasteiger partial charge in [0.05, 0.1) is 0 Å². The van der Waals surface area contributed by atoms with E-state index >= 15 is 0 Å². The van der Waals surface area contributed by atoms with Crippen LogP contribution in [-0.4, -0.2) is 15.8 Å². The van der Waals surface area contributed by atoms with Crippen LogP contribution in [0.15, 0.2) is 30.3 Å². The van der Waals surface area contributed by atoms with Crippen LogP contribution in [0.4, 0.5) is 11.6 Å². The Morgan fingerprint density at radius 2 is 2.10 bits per heavy atom. The van der Waals surface area contributed by atoms with E-state index in [0.717, 1.165) is 32.2 Å². The highest BCUT2D eigenvalue weighted by Gasteiger charge is 2.25. The normalized spacial score (nSPS) is 13.9. The van der Waals surface area contributed by atoms with Crippen molar-refractivity contribution in [3.63, 3.8) is 0 Å². The predicted molar refractivity (Wildman–Crippen MR) is 82.8 cm³/mol.